The van der Waals surface area contributed by atoms with Gasteiger partial charge >= 0.3 is 0 Å². The zero-order valence-electron chi connectivity index (χ0n) is 11.5. The van der Waals surface area contributed by atoms with Crippen LogP contribution < -0.4 is 10.6 Å². The number of rotatable bonds is 3. The molecule has 1 fully saturated rings. The Balaban J connectivity index is 2.26. The minimum Gasteiger partial charge on any atom is -0.366 e. The van der Waals surface area contributed by atoms with Crippen molar-refractivity contribution in [2.24, 2.45) is 11.7 Å². The van der Waals surface area contributed by atoms with E-state index in [0.29, 0.717) is 5.92 Å². The second-order valence-corrected chi connectivity index (χ2v) is 6.44. The average molecular weight is 267 g/mol. The van der Waals surface area contributed by atoms with Crippen LogP contribution in [0.5, 0.6) is 0 Å². The van der Waals surface area contributed by atoms with Crippen molar-refractivity contribution in [2.45, 2.75) is 39.2 Å². The summed E-state index contributed by atoms with van der Waals surface area (Å²) in [5.74, 6) is 0.708. The normalized spacial score (nSPS) is 22.5. The Bertz CT molecular complexity index is 429. The maximum Gasteiger partial charge on any atom is 0.0410 e. The SMILES string of the molecule is Cc1cc(Cl)ccc1N1CC(CCN)CC1(C)C. The third-order valence-corrected chi connectivity index (χ3v) is 4.22. The van der Waals surface area contributed by atoms with E-state index < -0.39 is 0 Å². The predicted octanol–water partition coefficient (Wildman–Crippen LogP) is 3.60. The van der Waals surface area contributed by atoms with Crippen molar-refractivity contribution in [1.82, 2.24) is 0 Å². The van der Waals surface area contributed by atoms with E-state index in [9.17, 15) is 0 Å². The molecule has 1 unspecified atom stereocenters. The lowest BCUT2D eigenvalue weighted by atomic mass is 9.94. The summed E-state index contributed by atoms with van der Waals surface area (Å²) in [5.41, 5.74) is 8.46. The van der Waals surface area contributed by atoms with Gasteiger partial charge in [-0.3, -0.25) is 0 Å². The van der Waals surface area contributed by atoms with Gasteiger partial charge in [0.25, 0.3) is 0 Å². The zero-order chi connectivity index (χ0) is 13.3. The highest BCUT2D eigenvalue weighted by Crippen LogP contribution is 2.39. The van der Waals surface area contributed by atoms with E-state index in [1.165, 1.54) is 17.7 Å². The first-order valence-electron chi connectivity index (χ1n) is 6.68. The van der Waals surface area contributed by atoms with E-state index in [1.807, 2.05) is 12.1 Å². The molecule has 0 amide bonds. The van der Waals surface area contributed by atoms with Gasteiger partial charge in [0.05, 0.1) is 0 Å². The smallest absolute Gasteiger partial charge is 0.0410 e. The lowest BCUT2D eigenvalue weighted by Crippen LogP contribution is -2.38. The Hall–Kier alpha value is -0.730. The van der Waals surface area contributed by atoms with Crippen LogP contribution in [0, 0.1) is 12.8 Å². The first-order chi connectivity index (χ1) is 8.44. The summed E-state index contributed by atoms with van der Waals surface area (Å²) in [5, 5.41) is 0.812. The molecule has 18 heavy (non-hydrogen) atoms. The van der Waals surface area contributed by atoms with Gasteiger partial charge in [0.15, 0.2) is 0 Å². The number of benzene rings is 1. The van der Waals surface area contributed by atoms with Crippen LogP contribution in [0.3, 0.4) is 0 Å². The number of hydrogen-bond donors (Lipinski definition) is 1. The molecule has 0 bridgehead atoms. The Kier molecular flexibility index (Phi) is 3.88. The molecule has 100 valence electrons. The van der Waals surface area contributed by atoms with Crippen LogP contribution in [0.2, 0.25) is 5.02 Å². The molecule has 3 heteroatoms. The molecule has 0 aliphatic carbocycles. The summed E-state index contributed by atoms with van der Waals surface area (Å²) in [6.07, 6.45) is 2.33. The van der Waals surface area contributed by atoms with Crippen molar-refractivity contribution in [3.63, 3.8) is 0 Å². The molecule has 1 aromatic rings. The van der Waals surface area contributed by atoms with Crippen molar-refractivity contribution < 1.29 is 0 Å². The average Bonchev–Trinajstić information content (AvgIpc) is 2.54. The minimum atomic E-state index is 0.207. The Labute approximate surface area is 115 Å². The minimum absolute atomic E-state index is 0.207. The standard InChI is InChI=1S/C15H23ClN2/c1-11-8-13(16)4-5-14(11)18-10-12(6-7-17)9-15(18,2)3/h4-5,8,12H,6-7,9-10,17H2,1-3H3. The van der Waals surface area contributed by atoms with Gasteiger partial charge in [0.1, 0.15) is 0 Å². The molecule has 1 saturated heterocycles. The van der Waals surface area contributed by atoms with Gasteiger partial charge in [0.2, 0.25) is 0 Å². The van der Waals surface area contributed by atoms with Gasteiger partial charge in [0, 0.05) is 22.8 Å². The molecule has 2 rings (SSSR count). The second-order valence-electron chi connectivity index (χ2n) is 6.00. The van der Waals surface area contributed by atoms with Gasteiger partial charge in [-0.25, -0.2) is 0 Å². The van der Waals surface area contributed by atoms with E-state index in [4.69, 9.17) is 17.3 Å². The highest BCUT2D eigenvalue weighted by atomic mass is 35.5. The predicted molar refractivity (Wildman–Crippen MR) is 79.4 cm³/mol. The Morgan fingerprint density at radius 3 is 2.78 bits per heavy atom. The maximum atomic E-state index is 6.04. The van der Waals surface area contributed by atoms with E-state index in [1.54, 1.807) is 0 Å². The van der Waals surface area contributed by atoms with E-state index in [-0.39, 0.29) is 5.54 Å². The van der Waals surface area contributed by atoms with Crippen LogP contribution in [0.25, 0.3) is 0 Å². The van der Waals surface area contributed by atoms with Gasteiger partial charge in [-0.1, -0.05) is 11.6 Å². The van der Waals surface area contributed by atoms with Crippen LogP contribution in [-0.4, -0.2) is 18.6 Å². The highest BCUT2D eigenvalue weighted by molar-refractivity contribution is 6.30. The summed E-state index contributed by atoms with van der Waals surface area (Å²) < 4.78 is 0. The Morgan fingerprint density at radius 2 is 2.17 bits per heavy atom. The largest absolute Gasteiger partial charge is 0.366 e. The van der Waals surface area contributed by atoms with Crippen LogP contribution in [0.4, 0.5) is 5.69 Å². The molecular formula is C15H23ClN2. The number of nitrogens with two attached hydrogens (primary N) is 1. The summed E-state index contributed by atoms with van der Waals surface area (Å²) in [4.78, 5) is 2.51. The van der Waals surface area contributed by atoms with Gasteiger partial charge in [-0.05, 0) is 69.8 Å². The van der Waals surface area contributed by atoms with Gasteiger partial charge in [-0.2, -0.15) is 0 Å². The lowest BCUT2D eigenvalue weighted by Gasteiger charge is -2.34. The third-order valence-electron chi connectivity index (χ3n) is 3.98. The summed E-state index contributed by atoms with van der Waals surface area (Å²) in [6, 6.07) is 6.17. The molecule has 0 spiro atoms. The molecule has 1 atom stereocenters. The summed E-state index contributed by atoms with van der Waals surface area (Å²) >= 11 is 6.04. The van der Waals surface area contributed by atoms with Crippen molar-refractivity contribution >= 4 is 17.3 Å². The van der Waals surface area contributed by atoms with Gasteiger partial charge < -0.3 is 10.6 Å². The molecule has 1 aromatic carbocycles. The summed E-state index contributed by atoms with van der Waals surface area (Å²) in [6.45, 7) is 8.66. The number of nitrogens with zero attached hydrogens (tertiary/aromatic N) is 1. The number of hydrogen-bond acceptors (Lipinski definition) is 2. The maximum absolute atomic E-state index is 6.04. The lowest BCUT2D eigenvalue weighted by molar-refractivity contribution is 0.458. The highest BCUT2D eigenvalue weighted by Gasteiger charge is 2.38. The fourth-order valence-corrected chi connectivity index (χ4v) is 3.39. The number of halogens is 1. The molecule has 0 saturated carbocycles. The Morgan fingerprint density at radius 1 is 1.44 bits per heavy atom. The molecule has 2 N–H and O–H groups in total. The summed E-state index contributed by atoms with van der Waals surface area (Å²) in [7, 11) is 0. The van der Waals surface area contributed by atoms with Crippen LogP contribution in [0.1, 0.15) is 32.3 Å². The van der Waals surface area contributed by atoms with Crippen LogP contribution in [-0.2, 0) is 0 Å². The fraction of sp³-hybridized carbons (Fsp3) is 0.600. The number of anilines is 1. The first kappa shape index (κ1) is 13.7. The van der Waals surface area contributed by atoms with Crippen molar-refractivity contribution in [2.75, 3.05) is 18.0 Å². The van der Waals surface area contributed by atoms with Crippen LogP contribution >= 0.6 is 11.6 Å². The topological polar surface area (TPSA) is 29.3 Å². The van der Waals surface area contributed by atoms with Crippen molar-refractivity contribution in [3.8, 4) is 0 Å². The second kappa shape index (κ2) is 5.10. The quantitative estimate of drug-likeness (QED) is 0.906. The molecule has 0 aromatic heterocycles. The molecule has 1 heterocycles. The zero-order valence-corrected chi connectivity index (χ0v) is 12.3. The molecule has 1 aliphatic heterocycles. The van der Waals surface area contributed by atoms with E-state index in [0.717, 1.165) is 24.5 Å². The number of aryl methyl sites for hydroxylation is 1. The molecule has 1 aliphatic rings. The van der Waals surface area contributed by atoms with Gasteiger partial charge in [-0.15, -0.1) is 0 Å². The molecule has 0 radical (unpaired) electrons. The van der Waals surface area contributed by atoms with Crippen LogP contribution in [0.15, 0.2) is 18.2 Å². The molecule has 2 nitrogen and oxygen atoms in total. The third kappa shape index (κ3) is 2.65. The van der Waals surface area contributed by atoms with Crippen molar-refractivity contribution in [3.05, 3.63) is 28.8 Å². The molecular weight excluding hydrogens is 244 g/mol. The van der Waals surface area contributed by atoms with Crippen molar-refractivity contribution in [1.29, 1.82) is 0 Å². The van der Waals surface area contributed by atoms with E-state index in [2.05, 4.69) is 31.7 Å². The first-order valence-corrected chi connectivity index (χ1v) is 7.05. The van der Waals surface area contributed by atoms with E-state index >= 15 is 0 Å². The monoisotopic (exact) mass is 266 g/mol. The fourth-order valence-electron chi connectivity index (χ4n) is 3.16.